The third kappa shape index (κ3) is 2.57. The van der Waals surface area contributed by atoms with Crippen LogP contribution in [0, 0.1) is 0 Å². The van der Waals surface area contributed by atoms with Crippen LogP contribution in [-0.2, 0) is 0 Å². The number of hydrogen-bond donors (Lipinski definition) is 1. The van der Waals surface area contributed by atoms with E-state index < -0.39 is 5.97 Å². The zero-order valence-corrected chi connectivity index (χ0v) is 9.98. The van der Waals surface area contributed by atoms with E-state index in [0.29, 0.717) is 18.3 Å². The largest absolute Gasteiger partial charge is 0.491 e. The third-order valence-corrected chi connectivity index (χ3v) is 3.10. The van der Waals surface area contributed by atoms with E-state index in [1.54, 1.807) is 12.3 Å². The van der Waals surface area contributed by atoms with Crippen molar-refractivity contribution in [2.24, 2.45) is 0 Å². The summed E-state index contributed by atoms with van der Waals surface area (Å²) in [5.74, 6) is -0.130. The number of carboxylic acids is 1. The summed E-state index contributed by atoms with van der Waals surface area (Å²) in [6.07, 6.45) is 5.83. The number of ether oxygens (including phenoxy) is 1. The van der Waals surface area contributed by atoms with Crippen molar-refractivity contribution in [2.75, 3.05) is 6.61 Å². The number of pyridine rings is 1. The lowest BCUT2D eigenvalue weighted by atomic mass is 9.82. The predicted octanol–water partition coefficient (Wildman–Crippen LogP) is 2.84. The molecule has 1 saturated carbocycles. The summed E-state index contributed by atoms with van der Waals surface area (Å²) in [7, 11) is 0. The standard InChI is InChI=1S/C13H17NO3/c1-2-6-17-12-8-14-11(9-4-3-5-9)7-10(12)13(15)16/h7-9H,2-6H2,1H3,(H,15,16). The summed E-state index contributed by atoms with van der Waals surface area (Å²) in [4.78, 5) is 15.5. The molecule has 1 aromatic rings. The minimum absolute atomic E-state index is 0.232. The number of aromatic nitrogens is 1. The van der Waals surface area contributed by atoms with Crippen molar-refractivity contribution in [2.45, 2.75) is 38.5 Å². The molecule has 0 amide bonds. The van der Waals surface area contributed by atoms with Crippen LogP contribution in [0.2, 0.25) is 0 Å². The van der Waals surface area contributed by atoms with Gasteiger partial charge in [0.25, 0.3) is 0 Å². The Labute approximate surface area is 101 Å². The van der Waals surface area contributed by atoms with Gasteiger partial charge in [0.15, 0.2) is 5.75 Å². The van der Waals surface area contributed by atoms with E-state index in [4.69, 9.17) is 9.84 Å². The smallest absolute Gasteiger partial charge is 0.339 e. The van der Waals surface area contributed by atoms with Gasteiger partial charge in [-0.2, -0.15) is 0 Å². The fraction of sp³-hybridized carbons (Fsp3) is 0.538. The third-order valence-electron chi connectivity index (χ3n) is 3.10. The van der Waals surface area contributed by atoms with Gasteiger partial charge in [-0.1, -0.05) is 13.3 Å². The summed E-state index contributed by atoms with van der Waals surface area (Å²) in [6.45, 7) is 2.50. The van der Waals surface area contributed by atoms with Gasteiger partial charge in [0.05, 0.1) is 12.8 Å². The fourth-order valence-corrected chi connectivity index (χ4v) is 1.88. The van der Waals surface area contributed by atoms with Crippen molar-refractivity contribution >= 4 is 5.97 Å². The molecule has 0 spiro atoms. The zero-order valence-electron chi connectivity index (χ0n) is 9.98. The topological polar surface area (TPSA) is 59.4 Å². The molecule has 0 bridgehead atoms. The van der Waals surface area contributed by atoms with Gasteiger partial charge in [0.1, 0.15) is 5.56 Å². The second kappa shape index (κ2) is 5.17. The molecule has 0 aliphatic heterocycles. The molecule has 1 fully saturated rings. The van der Waals surface area contributed by atoms with Crippen molar-refractivity contribution in [3.05, 3.63) is 23.5 Å². The summed E-state index contributed by atoms with van der Waals surface area (Å²) < 4.78 is 5.39. The first kappa shape index (κ1) is 11.9. The second-order valence-electron chi connectivity index (χ2n) is 4.39. The molecular formula is C13H17NO3. The lowest BCUT2D eigenvalue weighted by Crippen LogP contribution is -2.13. The first-order valence-electron chi connectivity index (χ1n) is 6.08. The maximum Gasteiger partial charge on any atom is 0.339 e. The Morgan fingerprint density at radius 1 is 1.59 bits per heavy atom. The molecule has 1 aliphatic rings. The lowest BCUT2D eigenvalue weighted by molar-refractivity contribution is 0.0691. The number of aromatic carboxylic acids is 1. The van der Waals surface area contributed by atoms with Gasteiger partial charge in [-0.3, -0.25) is 4.98 Å². The van der Waals surface area contributed by atoms with Crippen LogP contribution in [0.25, 0.3) is 0 Å². The Kier molecular flexibility index (Phi) is 3.61. The Bertz CT molecular complexity index is 413. The molecule has 1 aromatic heterocycles. The Balaban J connectivity index is 2.23. The number of nitrogens with zero attached hydrogens (tertiary/aromatic N) is 1. The number of hydrogen-bond acceptors (Lipinski definition) is 3. The van der Waals surface area contributed by atoms with Crippen molar-refractivity contribution < 1.29 is 14.6 Å². The van der Waals surface area contributed by atoms with Crippen molar-refractivity contribution in [3.63, 3.8) is 0 Å². The average Bonchev–Trinajstić information content (AvgIpc) is 2.24. The minimum atomic E-state index is -0.945. The molecule has 2 rings (SSSR count). The van der Waals surface area contributed by atoms with Gasteiger partial charge < -0.3 is 9.84 Å². The van der Waals surface area contributed by atoms with Crippen LogP contribution in [0.15, 0.2) is 12.3 Å². The van der Waals surface area contributed by atoms with E-state index in [2.05, 4.69) is 4.98 Å². The molecule has 1 aliphatic carbocycles. The summed E-state index contributed by atoms with van der Waals surface area (Å²) in [6, 6.07) is 1.66. The molecule has 92 valence electrons. The molecule has 0 radical (unpaired) electrons. The molecule has 1 N–H and O–H groups in total. The maximum absolute atomic E-state index is 11.2. The van der Waals surface area contributed by atoms with E-state index in [9.17, 15) is 4.79 Å². The van der Waals surface area contributed by atoms with E-state index in [-0.39, 0.29) is 5.56 Å². The number of carbonyl (C=O) groups is 1. The molecule has 0 unspecified atom stereocenters. The second-order valence-corrected chi connectivity index (χ2v) is 4.39. The molecule has 4 heteroatoms. The van der Waals surface area contributed by atoms with Gasteiger partial charge in [-0.05, 0) is 25.3 Å². The van der Waals surface area contributed by atoms with Crippen molar-refractivity contribution in [3.8, 4) is 5.75 Å². The molecule has 0 atom stereocenters. The van der Waals surface area contributed by atoms with Gasteiger partial charge in [-0.15, -0.1) is 0 Å². The Morgan fingerprint density at radius 3 is 2.88 bits per heavy atom. The van der Waals surface area contributed by atoms with Crippen LogP contribution in [0.3, 0.4) is 0 Å². The van der Waals surface area contributed by atoms with Crippen LogP contribution in [0.4, 0.5) is 0 Å². The molecular weight excluding hydrogens is 218 g/mol. The monoisotopic (exact) mass is 235 g/mol. The van der Waals surface area contributed by atoms with E-state index in [1.807, 2.05) is 6.92 Å². The highest BCUT2D eigenvalue weighted by atomic mass is 16.5. The number of carboxylic acid groups (broad SMARTS) is 1. The minimum Gasteiger partial charge on any atom is -0.491 e. The molecule has 17 heavy (non-hydrogen) atoms. The molecule has 0 aromatic carbocycles. The van der Waals surface area contributed by atoms with Gasteiger partial charge >= 0.3 is 5.97 Å². The Hall–Kier alpha value is -1.58. The van der Waals surface area contributed by atoms with Crippen LogP contribution in [0.5, 0.6) is 5.75 Å². The highest BCUT2D eigenvalue weighted by Crippen LogP contribution is 2.36. The predicted molar refractivity (Wildman–Crippen MR) is 63.6 cm³/mol. The van der Waals surface area contributed by atoms with Gasteiger partial charge in [-0.25, -0.2) is 4.79 Å². The fourth-order valence-electron chi connectivity index (χ4n) is 1.88. The van der Waals surface area contributed by atoms with E-state index in [1.165, 1.54) is 6.42 Å². The van der Waals surface area contributed by atoms with Gasteiger partial charge in [0.2, 0.25) is 0 Å². The molecule has 1 heterocycles. The summed E-state index contributed by atoms with van der Waals surface area (Å²) >= 11 is 0. The number of rotatable bonds is 5. The maximum atomic E-state index is 11.2. The normalized spacial score (nSPS) is 15.4. The highest BCUT2D eigenvalue weighted by Gasteiger charge is 2.23. The van der Waals surface area contributed by atoms with E-state index in [0.717, 1.165) is 25.0 Å². The van der Waals surface area contributed by atoms with Crippen LogP contribution < -0.4 is 4.74 Å². The van der Waals surface area contributed by atoms with Crippen molar-refractivity contribution in [1.82, 2.24) is 4.98 Å². The molecule has 0 saturated heterocycles. The van der Waals surface area contributed by atoms with Crippen LogP contribution in [-0.4, -0.2) is 22.7 Å². The lowest BCUT2D eigenvalue weighted by Gasteiger charge is -2.25. The zero-order chi connectivity index (χ0) is 12.3. The highest BCUT2D eigenvalue weighted by molar-refractivity contribution is 5.90. The van der Waals surface area contributed by atoms with Crippen LogP contribution >= 0.6 is 0 Å². The summed E-state index contributed by atoms with van der Waals surface area (Å²) in [5, 5.41) is 9.15. The molecule has 4 nitrogen and oxygen atoms in total. The summed E-state index contributed by atoms with van der Waals surface area (Å²) in [5.41, 5.74) is 1.12. The first-order chi connectivity index (χ1) is 8.22. The Morgan fingerprint density at radius 2 is 2.35 bits per heavy atom. The first-order valence-corrected chi connectivity index (χ1v) is 6.08. The quantitative estimate of drug-likeness (QED) is 0.852. The van der Waals surface area contributed by atoms with Crippen molar-refractivity contribution in [1.29, 1.82) is 0 Å². The van der Waals surface area contributed by atoms with E-state index >= 15 is 0 Å². The van der Waals surface area contributed by atoms with Crippen LogP contribution in [0.1, 0.15) is 54.6 Å². The SMILES string of the molecule is CCCOc1cnc(C2CCC2)cc1C(=O)O. The average molecular weight is 235 g/mol. The van der Waals surface area contributed by atoms with Gasteiger partial charge in [0, 0.05) is 11.6 Å².